The molecular formula is C50H68Cl2N2O7. The van der Waals surface area contributed by atoms with Gasteiger partial charge < -0.3 is 34.6 Å². The number of likely N-dealkylation sites (tertiary alicyclic amines) is 2. The Kier molecular flexibility index (Phi) is 9.39. The molecule has 6 saturated carbocycles. The van der Waals surface area contributed by atoms with Gasteiger partial charge in [-0.25, -0.2) is 0 Å². The summed E-state index contributed by atoms with van der Waals surface area (Å²) < 4.78 is 19.7. The maximum absolute atomic E-state index is 12.2. The lowest BCUT2D eigenvalue weighted by Gasteiger charge is -2.75. The number of fused-ring (bicyclic) bond motifs is 2. The number of rotatable bonds is 6. The van der Waals surface area contributed by atoms with Crippen molar-refractivity contribution < 1.29 is 34.6 Å². The molecule has 4 heterocycles. The monoisotopic (exact) mass is 878 g/mol. The summed E-state index contributed by atoms with van der Waals surface area (Å²) in [7, 11) is 1.83. The summed E-state index contributed by atoms with van der Waals surface area (Å²) in [5, 5.41) is 45.6. The zero-order chi connectivity index (χ0) is 40.9. The predicted octanol–water partition coefficient (Wildman–Crippen LogP) is 7.77. The fraction of sp³-hybridized carbons (Fsp3) is 0.720. The standard InChI is InChI=1S/C29H41NO4.C21H25NO3.2ClH/c1-25(2,3)26(4,32)20-15-27-10-11-29(20,33-5)24-28(27)12-13-30(16-17-6-7-17)21(27)14-18-8-9-19(31)23(34-24)22(18)28;1-12-6-7-21(24)16-10-14-4-5-15(23)18-17(14)20(21,19(12)25-18)8-9-22(16)11-13-2-3-13;;/h8-9,17,20-21,24,31-32H,6-7,10-16H2,1-5H3;4-5,13,16,19,23-24H,1-3,6-11H2;2*1H/t20-,21-,24-,26+,27-,28+,29-;16-,19+,20+,21-;;/m11../s1. The van der Waals surface area contributed by atoms with Crippen molar-refractivity contribution in [3.05, 3.63) is 58.7 Å². The van der Waals surface area contributed by atoms with Crippen molar-refractivity contribution in [3.63, 3.8) is 0 Å². The van der Waals surface area contributed by atoms with Crippen LogP contribution in [0.3, 0.4) is 0 Å². The largest absolute Gasteiger partial charge is 0.504 e. The topological polar surface area (TPSA) is 115 Å². The number of phenols is 2. The number of ether oxygens (including phenoxy) is 3. The van der Waals surface area contributed by atoms with E-state index in [1.54, 1.807) is 6.07 Å². The molecule has 2 aromatic carbocycles. The van der Waals surface area contributed by atoms with Crippen LogP contribution in [0, 0.1) is 28.6 Å². The number of aromatic hydroxyl groups is 2. The third-order valence-corrected chi connectivity index (χ3v) is 19.6. The van der Waals surface area contributed by atoms with Gasteiger partial charge in [-0.15, -0.1) is 24.8 Å². The molecule has 11 heteroatoms. The molecule has 2 saturated heterocycles. The second-order valence-electron chi connectivity index (χ2n) is 22.7. The minimum absolute atomic E-state index is 0. The van der Waals surface area contributed by atoms with Gasteiger partial charge in [0.15, 0.2) is 23.0 Å². The number of halogens is 2. The molecule has 4 N–H and O–H groups in total. The van der Waals surface area contributed by atoms with Crippen LogP contribution in [0.25, 0.3) is 0 Å². The second-order valence-corrected chi connectivity index (χ2v) is 22.7. The summed E-state index contributed by atoms with van der Waals surface area (Å²) in [6.45, 7) is 17.2. The Bertz CT molecular complexity index is 2170. The third kappa shape index (κ3) is 5.09. The van der Waals surface area contributed by atoms with Gasteiger partial charge in [-0.1, -0.05) is 39.5 Å². The van der Waals surface area contributed by atoms with Crippen molar-refractivity contribution in [2.24, 2.45) is 28.6 Å². The van der Waals surface area contributed by atoms with Gasteiger partial charge >= 0.3 is 0 Å². The first-order valence-electron chi connectivity index (χ1n) is 23.3. The number of nitrogens with zero attached hydrogens (tertiary/aromatic N) is 2. The van der Waals surface area contributed by atoms with Crippen LogP contribution in [0.4, 0.5) is 0 Å². The Morgan fingerprint density at radius 3 is 1.92 bits per heavy atom. The van der Waals surface area contributed by atoms with Gasteiger partial charge in [-0.2, -0.15) is 0 Å². The predicted molar refractivity (Wildman–Crippen MR) is 239 cm³/mol. The average Bonchev–Trinajstić information content (AvgIpc) is 4.13. The first-order chi connectivity index (χ1) is 28.1. The van der Waals surface area contributed by atoms with E-state index in [2.05, 4.69) is 43.2 Å². The maximum atomic E-state index is 12.2. The molecule has 6 bridgehead atoms. The Labute approximate surface area is 374 Å². The van der Waals surface area contributed by atoms with E-state index in [1.807, 2.05) is 26.2 Å². The molecule has 8 aliphatic carbocycles. The fourth-order valence-electron chi connectivity index (χ4n) is 16.0. The Morgan fingerprint density at radius 1 is 0.770 bits per heavy atom. The molecule has 334 valence electrons. The molecule has 14 rings (SSSR count). The van der Waals surface area contributed by atoms with E-state index in [0.29, 0.717) is 17.5 Å². The van der Waals surface area contributed by atoms with Crippen molar-refractivity contribution in [3.8, 4) is 23.0 Å². The molecule has 4 aliphatic heterocycles. The smallest absolute Gasteiger partial charge is 0.166 e. The van der Waals surface area contributed by atoms with Crippen LogP contribution >= 0.6 is 24.8 Å². The number of benzene rings is 2. The quantitative estimate of drug-likeness (QED) is 0.216. The van der Waals surface area contributed by atoms with Crippen molar-refractivity contribution in [2.75, 3.05) is 33.3 Å². The minimum atomic E-state index is -0.909. The molecule has 11 atom stereocenters. The van der Waals surface area contributed by atoms with E-state index < -0.39 is 22.2 Å². The molecule has 3 spiro atoms. The highest BCUT2D eigenvalue weighted by atomic mass is 35.5. The van der Waals surface area contributed by atoms with E-state index in [9.17, 15) is 20.4 Å². The van der Waals surface area contributed by atoms with Gasteiger partial charge in [0.2, 0.25) is 0 Å². The summed E-state index contributed by atoms with van der Waals surface area (Å²) in [5.74, 6) is 3.44. The molecule has 0 amide bonds. The van der Waals surface area contributed by atoms with Gasteiger partial charge in [0.25, 0.3) is 0 Å². The van der Waals surface area contributed by atoms with Crippen LogP contribution in [0.5, 0.6) is 23.0 Å². The van der Waals surface area contributed by atoms with E-state index in [0.717, 1.165) is 100 Å². The highest BCUT2D eigenvalue weighted by Gasteiger charge is 2.82. The Balaban J connectivity index is 0.000000147. The van der Waals surface area contributed by atoms with Crippen molar-refractivity contribution in [1.82, 2.24) is 9.80 Å². The first kappa shape index (κ1) is 42.7. The molecule has 12 aliphatic rings. The number of hydrogen-bond donors (Lipinski definition) is 4. The van der Waals surface area contributed by atoms with Crippen molar-refractivity contribution in [2.45, 2.75) is 163 Å². The van der Waals surface area contributed by atoms with Gasteiger partial charge in [0, 0.05) is 60.2 Å². The third-order valence-electron chi connectivity index (χ3n) is 19.6. The average molecular weight is 880 g/mol. The number of aliphatic hydroxyl groups is 2. The lowest BCUT2D eigenvalue weighted by molar-refractivity contribution is -0.312. The van der Waals surface area contributed by atoms with Crippen LogP contribution in [0.15, 0.2) is 36.4 Å². The van der Waals surface area contributed by atoms with Crippen LogP contribution in [-0.4, -0.2) is 105 Å². The summed E-state index contributed by atoms with van der Waals surface area (Å²) in [6, 6.07) is 8.42. The second kappa shape index (κ2) is 13.4. The zero-order valence-corrected chi connectivity index (χ0v) is 38.4. The van der Waals surface area contributed by atoms with E-state index in [-0.39, 0.29) is 76.7 Å². The number of hydrogen-bond acceptors (Lipinski definition) is 9. The zero-order valence-electron chi connectivity index (χ0n) is 36.8. The number of methoxy groups -OCH3 is 1. The lowest BCUT2D eigenvalue weighted by atomic mass is 9.33. The van der Waals surface area contributed by atoms with Gasteiger partial charge in [0.05, 0.1) is 16.6 Å². The summed E-state index contributed by atoms with van der Waals surface area (Å²) in [6.07, 6.45) is 13.4. The minimum Gasteiger partial charge on any atom is -0.504 e. The van der Waals surface area contributed by atoms with Gasteiger partial charge in [0.1, 0.15) is 17.8 Å². The molecule has 0 aromatic heterocycles. The number of phenolic OH excluding ortho intramolecular Hbond substituents is 2. The van der Waals surface area contributed by atoms with Gasteiger partial charge in [-0.05, 0) is 150 Å². The van der Waals surface area contributed by atoms with Crippen LogP contribution < -0.4 is 9.47 Å². The Morgan fingerprint density at radius 2 is 1.33 bits per heavy atom. The summed E-state index contributed by atoms with van der Waals surface area (Å²) in [5.41, 5.74) is 2.99. The molecule has 61 heavy (non-hydrogen) atoms. The lowest BCUT2D eigenvalue weighted by Crippen LogP contribution is -2.83. The maximum Gasteiger partial charge on any atom is 0.166 e. The molecule has 9 nitrogen and oxygen atoms in total. The fourth-order valence-corrected chi connectivity index (χ4v) is 16.0. The SMILES string of the molecule is C=C1CC[C@@]2(O)[C@H]3Cc4ccc(O)c5c4[C@@]2(CCN3CC2CC2)[C@H]1O5.CO[C@]12CC[C@@]3(C[C@@H]1[C@](C)(O)C(C)(C)C)[C@H]1Cc4ccc(O)c5c4[C@@]3(CCN1CC1CC1)[C@H]2O5.Cl.Cl. The van der Waals surface area contributed by atoms with Crippen LogP contribution in [-0.2, 0) is 28.4 Å². The van der Waals surface area contributed by atoms with E-state index in [1.165, 1.54) is 48.9 Å². The van der Waals surface area contributed by atoms with Crippen molar-refractivity contribution in [1.29, 1.82) is 0 Å². The summed E-state index contributed by atoms with van der Waals surface area (Å²) >= 11 is 0. The van der Waals surface area contributed by atoms with E-state index in [4.69, 9.17) is 14.2 Å². The Hall–Kier alpha value is -2.24. The van der Waals surface area contributed by atoms with Crippen molar-refractivity contribution >= 4 is 24.8 Å². The first-order valence-corrected chi connectivity index (χ1v) is 23.3. The van der Waals surface area contributed by atoms with Crippen LogP contribution in [0.1, 0.15) is 121 Å². The van der Waals surface area contributed by atoms with Crippen LogP contribution in [0.2, 0.25) is 0 Å². The molecule has 0 radical (unpaired) electrons. The molecule has 2 aromatic rings. The highest BCUT2D eigenvalue weighted by molar-refractivity contribution is 5.85. The van der Waals surface area contributed by atoms with Gasteiger partial charge in [-0.3, -0.25) is 9.80 Å². The molecular weight excluding hydrogens is 811 g/mol. The van der Waals surface area contributed by atoms with E-state index >= 15 is 0 Å². The summed E-state index contributed by atoms with van der Waals surface area (Å²) in [4.78, 5) is 5.38. The highest BCUT2D eigenvalue weighted by Crippen LogP contribution is 2.78. The number of piperidine rings is 2. The normalized spacial score (nSPS) is 41.4. The molecule has 0 unspecified atom stereocenters. The molecule has 8 fully saturated rings.